The van der Waals surface area contributed by atoms with Gasteiger partial charge in [0.05, 0.1) is 23.5 Å². The normalized spacial score (nSPS) is 20.0. The Morgan fingerprint density at radius 3 is 3.11 bits per heavy atom. The standard InChI is InChI=1S/C15H19ClN2O/c1-11-4-2-6-13-15(11)18(14(8-16)17-13)9-12-5-3-7-19-10-12/h2,4,6,12H,3,5,7-10H2,1H3. The summed E-state index contributed by atoms with van der Waals surface area (Å²) in [5, 5.41) is 0. The number of nitrogens with zero attached hydrogens (tertiary/aromatic N) is 2. The van der Waals surface area contributed by atoms with E-state index in [9.17, 15) is 0 Å². The van der Waals surface area contributed by atoms with Gasteiger partial charge in [-0.2, -0.15) is 0 Å². The van der Waals surface area contributed by atoms with E-state index in [1.165, 1.54) is 17.5 Å². The summed E-state index contributed by atoms with van der Waals surface area (Å²) in [6.07, 6.45) is 2.39. The fourth-order valence-corrected chi connectivity index (χ4v) is 3.13. The lowest BCUT2D eigenvalue weighted by atomic mass is 10.0. The first-order chi connectivity index (χ1) is 9.29. The molecule has 19 heavy (non-hydrogen) atoms. The van der Waals surface area contributed by atoms with Gasteiger partial charge in [-0.3, -0.25) is 0 Å². The zero-order valence-corrected chi connectivity index (χ0v) is 12.0. The zero-order chi connectivity index (χ0) is 13.2. The predicted molar refractivity (Wildman–Crippen MR) is 77.6 cm³/mol. The lowest BCUT2D eigenvalue weighted by molar-refractivity contribution is 0.0485. The van der Waals surface area contributed by atoms with E-state index in [1.54, 1.807) is 0 Å². The Bertz CT molecular complexity index is 573. The molecule has 0 N–H and O–H groups in total. The van der Waals surface area contributed by atoms with Crippen LogP contribution in [0.4, 0.5) is 0 Å². The second kappa shape index (κ2) is 5.51. The highest BCUT2D eigenvalue weighted by Crippen LogP contribution is 2.24. The first-order valence-corrected chi connectivity index (χ1v) is 7.41. The average Bonchev–Trinajstić information content (AvgIpc) is 2.79. The fraction of sp³-hybridized carbons (Fsp3) is 0.533. The third-order valence-electron chi connectivity index (χ3n) is 3.86. The van der Waals surface area contributed by atoms with Crippen LogP contribution in [0.1, 0.15) is 24.2 Å². The molecule has 0 radical (unpaired) electrons. The Balaban J connectivity index is 2.00. The SMILES string of the molecule is Cc1cccc2nc(CCl)n(CC3CCCOC3)c12. The fourth-order valence-electron chi connectivity index (χ4n) is 2.92. The molecular formula is C15H19ClN2O. The molecule has 0 spiro atoms. The summed E-state index contributed by atoms with van der Waals surface area (Å²) in [6, 6.07) is 6.25. The Morgan fingerprint density at radius 1 is 1.47 bits per heavy atom. The summed E-state index contributed by atoms with van der Waals surface area (Å²) in [6.45, 7) is 4.86. The number of hydrogen-bond donors (Lipinski definition) is 0. The predicted octanol–water partition coefficient (Wildman–Crippen LogP) is 3.51. The molecule has 3 nitrogen and oxygen atoms in total. The van der Waals surface area contributed by atoms with Gasteiger partial charge < -0.3 is 9.30 Å². The number of fused-ring (bicyclic) bond motifs is 1. The maximum atomic E-state index is 6.06. The minimum absolute atomic E-state index is 0.460. The van der Waals surface area contributed by atoms with Gasteiger partial charge in [-0.25, -0.2) is 4.98 Å². The minimum Gasteiger partial charge on any atom is -0.381 e. The van der Waals surface area contributed by atoms with Gasteiger partial charge in [0.15, 0.2) is 0 Å². The number of aromatic nitrogens is 2. The molecule has 1 aliphatic heterocycles. The summed E-state index contributed by atoms with van der Waals surface area (Å²) in [7, 11) is 0. The number of imidazole rings is 1. The zero-order valence-electron chi connectivity index (χ0n) is 11.2. The molecule has 1 atom stereocenters. The van der Waals surface area contributed by atoms with Crippen molar-refractivity contribution in [2.24, 2.45) is 5.92 Å². The van der Waals surface area contributed by atoms with Gasteiger partial charge in [0.1, 0.15) is 5.82 Å². The molecule has 3 rings (SSSR count). The molecule has 102 valence electrons. The number of alkyl halides is 1. The van der Waals surface area contributed by atoms with Crippen molar-refractivity contribution in [3.05, 3.63) is 29.6 Å². The third-order valence-corrected chi connectivity index (χ3v) is 4.10. The van der Waals surface area contributed by atoms with Crippen molar-refractivity contribution in [1.82, 2.24) is 9.55 Å². The summed E-state index contributed by atoms with van der Waals surface area (Å²) in [5.74, 6) is 2.01. The van der Waals surface area contributed by atoms with Crippen LogP contribution >= 0.6 is 11.6 Å². The van der Waals surface area contributed by atoms with E-state index >= 15 is 0 Å². The molecule has 0 saturated carbocycles. The van der Waals surface area contributed by atoms with Crippen LogP contribution in [0.5, 0.6) is 0 Å². The Kier molecular flexibility index (Phi) is 3.76. The number of aryl methyl sites for hydroxylation is 1. The molecule has 2 heterocycles. The quantitative estimate of drug-likeness (QED) is 0.804. The molecule has 4 heteroatoms. The van der Waals surface area contributed by atoms with Crippen molar-refractivity contribution in [2.75, 3.05) is 13.2 Å². The van der Waals surface area contributed by atoms with E-state index in [0.29, 0.717) is 11.8 Å². The summed E-state index contributed by atoms with van der Waals surface area (Å²) in [5.41, 5.74) is 3.54. The number of para-hydroxylation sites is 1. The highest BCUT2D eigenvalue weighted by atomic mass is 35.5. The summed E-state index contributed by atoms with van der Waals surface area (Å²) < 4.78 is 7.87. The molecule has 0 bridgehead atoms. The van der Waals surface area contributed by atoms with Gasteiger partial charge in [-0.15, -0.1) is 11.6 Å². The van der Waals surface area contributed by atoms with Crippen LogP contribution < -0.4 is 0 Å². The molecule has 0 aliphatic carbocycles. The highest BCUT2D eigenvalue weighted by Gasteiger charge is 2.18. The van der Waals surface area contributed by atoms with E-state index in [1.807, 2.05) is 0 Å². The Hall–Kier alpha value is -1.06. The molecule has 1 aliphatic rings. The molecule has 2 aromatic rings. The molecule has 1 aromatic carbocycles. The smallest absolute Gasteiger partial charge is 0.124 e. The van der Waals surface area contributed by atoms with Crippen molar-refractivity contribution in [3.8, 4) is 0 Å². The topological polar surface area (TPSA) is 27.1 Å². The van der Waals surface area contributed by atoms with Gasteiger partial charge in [-0.05, 0) is 31.4 Å². The van der Waals surface area contributed by atoms with Crippen molar-refractivity contribution < 1.29 is 4.74 Å². The van der Waals surface area contributed by atoms with Gasteiger partial charge in [0, 0.05) is 19.1 Å². The number of benzene rings is 1. The monoisotopic (exact) mass is 278 g/mol. The minimum atomic E-state index is 0.460. The van der Waals surface area contributed by atoms with Crippen molar-refractivity contribution >= 4 is 22.6 Å². The molecule has 0 amide bonds. The number of hydrogen-bond acceptors (Lipinski definition) is 2. The third kappa shape index (κ3) is 2.49. The first kappa shape index (κ1) is 12.9. The lowest BCUT2D eigenvalue weighted by Gasteiger charge is -2.23. The van der Waals surface area contributed by atoms with Gasteiger partial charge >= 0.3 is 0 Å². The largest absolute Gasteiger partial charge is 0.381 e. The first-order valence-electron chi connectivity index (χ1n) is 6.88. The second-order valence-corrected chi connectivity index (χ2v) is 5.57. The van der Waals surface area contributed by atoms with Crippen molar-refractivity contribution in [3.63, 3.8) is 0 Å². The van der Waals surface area contributed by atoms with E-state index in [2.05, 4.69) is 34.7 Å². The van der Waals surface area contributed by atoms with Gasteiger partial charge in [0.25, 0.3) is 0 Å². The van der Waals surface area contributed by atoms with E-state index < -0.39 is 0 Å². The number of halogens is 1. The molecule has 1 saturated heterocycles. The maximum Gasteiger partial charge on any atom is 0.124 e. The van der Waals surface area contributed by atoms with Crippen LogP contribution in [0.2, 0.25) is 0 Å². The van der Waals surface area contributed by atoms with Crippen molar-refractivity contribution in [2.45, 2.75) is 32.2 Å². The maximum absolute atomic E-state index is 6.06. The summed E-state index contributed by atoms with van der Waals surface area (Å²) >= 11 is 6.06. The van der Waals surface area contributed by atoms with E-state index in [-0.39, 0.29) is 0 Å². The average molecular weight is 279 g/mol. The van der Waals surface area contributed by atoms with Crippen LogP contribution in [-0.2, 0) is 17.2 Å². The highest BCUT2D eigenvalue weighted by molar-refractivity contribution is 6.16. The van der Waals surface area contributed by atoms with Crippen molar-refractivity contribution in [1.29, 1.82) is 0 Å². The van der Waals surface area contributed by atoms with E-state index in [4.69, 9.17) is 16.3 Å². The van der Waals surface area contributed by atoms with E-state index in [0.717, 1.165) is 37.5 Å². The molecule has 1 aromatic heterocycles. The lowest BCUT2D eigenvalue weighted by Crippen LogP contribution is -2.22. The second-order valence-electron chi connectivity index (χ2n) is 5.30. The number of ether oxygens (including phenoxy) is 1. The molecule has 1 fully saturated rings. The van der Waals surface area contributed by atoms with Crippen LogP contribution in [0, 0.1) is 12.8 Å². The van der Waals surface area contributed by atoms with Gasteiger partial charge in [0.2, 0.25) is 0 Å². The molecule has 1 unspecified atom stereocenters. The van der Waals surface area contributed by atoms with Crippen LogP contribution in [0.25, 0.3) is 11.0 Å². The van der Waals surface area contributed by atoms with Crippen LogP contribution in [0.15, 0.2) is 18.2 Å². The van der Waals surface area contributed by atoms with Crippen LogP contribution in [0.3, 0.4) is 0 Å². The summed E-state index contributed by atoms with van der Waals surface area (Å²) in [4.78, 5) is 4.65. The molecular weight excluding hydrogens is 260 g/mol. The Labute approximate surface area is 118 Å². The van der Waals surface area contributed by atoms with Crippen LogP contribution in [-0.4, -0.2) is 22.8 Å². The number of rotatable bonds is 3. The van der Waals surface area contributed by atoms with Gasteiger partial charge in [-0.1, -0.05) is 12.1 Å². The Morgan fingerprint density at radius 2 is 2.37 bits per heavy atom.